The van der Waals surface area contributed by atoms with Gasteiger partial charge in [0, 0.05) is 24.9 Å². The summed E-state index contributed by atoms with van der Waals surface area (Å²) in [7, 11) is -2.34. The van der Waals surface area contributed by atoms with E-state index in [1.807, 2.05) is 49.4 Å². The van der Waals surface area contributed by atoms with Gasteiger partial charge in [-0.2, -0.15) is 5.48 Å². The summed E-state index contributed by atoms with van der Waals surface area (Å²) in [5, 5.41) is 9.57. The van der Waals surface area contributed by atoms with E-state index in [-0.39, 0.29) is 12.2 Å². The number of hydrogen-bond donors (Lipinski definition) is 2. The van der Waals surface area contributed by atoms with Crippen LogP contribution >= 0.6 is 0 Å². The van der Waals surface area contributed by atoms with Gasteiger partial charge >= 0.3 is 5.97 Å². The molecule has 1 atom stereocenters. The SMILES string of the molecule is CCCCS(=O)(=O)N(C1=NCCCCC1)c1cc(CC(NOC)C(=O)O)ccc1-c1ccccc1. The number of sulfonamides is 1. The van der Waals surface area contributed by atoms with Crippen molar-refractivity contribution in [3.8, 4) is 11.1 Å². The average molecular weight is 502 g/mol. The molecule has 1 aliphatic heterocycles. The van der Waals surface area contributed by atoms with E-state index in [9.17, 15) is 18.3 Å². The van der Waals surface area contributed by atoms with Crippen LogP contribution in [0.25, 0.3) is 11.1 Å². The van der Waals surface area contributed by atoms with Gasteiger partial charge in [0.25, 0.3) is 0 Å². The number of unbranched alkanes of at least 4 members (excludes halogenated alkanes) is 1. The third-order valence-corrected chi connectivity index (χ3v) is 7.75. The number of nitrogens with zero attached hydrogens (tertiary/aromatic N) is 2. The molecule has 190 valence electrons. The quantitative estimate of drug-likeness (QED) is 0.442. The van der Waals surface area contributed by atoms with E-state index in [4.69, 9.17) is 9.83 Å². The minimum absolute atomic E-state index is 0.0178. The maximum Gasteiger partial charge on any atom is 0.323 e. The van der Waals surface area contributed by atoms with Gasteiger partial charge < -0.3 is 9.94 Å². The van der Waals surface area contributed by atoms with Gasteiger partial charge in [-0.05, 0) is 36.5 Å². The summed E-state index contributed by atoms with van der Waals surface area (Å²) in [5.41, 5.74) is 5.32. The number of benzene rings is 2. The second kappa shape index (κ2) is 12.8. The van der Waals surface area contributed by atoms with Gasteiger partial charge in [0.1, 0.15) is 11.9 Å². The molecule has 0 amide bonds. The number of carboxylic acid groups (broad SMARTS) is 1. The zero-order chi connectivity index (χ0) is 25.3. The van der Waals surface area contributed by atoms with Crippen LogP contribution in [0.15, 0.2) is 53.5 Å². The van der Waals surface area contributed by atoms with Gasteiger partial charge in [-0.3, -0.25) is 9.79 Å². The Balaban J connectivity index is 2.19. The molecule has 2 N–H and O–H groups in total. The molecule has 0 aromatic heterocycles. The van der Waals surface area contributed by atoms with E-state index in [0.29, 0.717) is 36.5 Å². The zero-order valence-corrected chi connectivity index (χ0v) is 21.3. The monoisotopic (exact) mass is 501 g/mol. The number of aliphatic imine (C=N–C) groups is 1. The summed E-state index contributed by atoms with van der Waals surface area (Å²) in [6.07, 6.45) is 4.82. The first-order chi connectivity index (χ1) is 16.9. The van der Waals surface area contributed by atoms with Crippen LogP contribution < -0.4 is 9.79 Å². The molecule has 2 aromatic rings. The molecule has 2 aromatic carbocycles. The van der Waals surface area contributed by atoms with Gasteiger partial charge in [-0.25, -0.2) is 12.7 Å². The summed E-state index contributed by atoms with van der Waals surface area (Å²) in [6, 6.07) is 14.1. The lowest BCUT2D eigenvalue weighted by molar-refractivity contribution is -0.143. The van der Waals surface area contributed by atoms with Crippen LogP contribution in [0, 0.1) is 0 Å². The van der Waals surface area contributed by atoms with Crippen LogP contribution in [0.4, 0.5) is 5.69 Å². The van der Waals surface area contributed by atoms with Crippen molar-refractivity contribution in [3.63, 3.8) is 0 Å². The lowest BCUT2D eigenvalue weighted by Crippen LogP contribution is -2.39. The molecule has 0 saturated carbocycles. The molecule has 0 bridgehead atoms. The molecular weight excluding hydrogens is 466 g/mol. The first-order valence-corrected chi connectivity index (χ1v) is 13.7. The smallest absolute Gasteiger partial charge is 0.323 e. The molecule has 1 heterocycles. The van der Waals surface area contributed by atoms with E-state index in [0.717, 1.165) is 36.8 Å². The minimum Gasteiger partial charge on any atom is -0.480 e. The van der Waals surface area contributed by atoms with Gasteiger partial charge in [0.2, 0.25) is 10.0 Å². The van der Waals surface area contributed by atoms with Crippen molar-refractivity contribution in [1.29, 1.82) is 0 Å². The maximum atomic E-state index is 13.7. The van der Waals surface area contributed by atoms with E-state index >= 15 is 0 Å². The third kappa shape index (κ3) is 7.13. The Kier molecular flexibility index (Phi) is 9.83. The van der Waals surface area contributed by atoms with Crippen LogP contribution in [0.1, 0.15) is 51.0 Å². The molecule has 35 heavy (non-hydrogen) atoms. The van der Waals surface area contributed by atoms with E-state index < -0.39 is 22.0 Å². The summed E-state index contributed by atoms with van der Waals surface area (Å²) in [4.78, 5) is 21.2. The Morgan fingerprint density at radius 2 is 1.94 bits per heavy atom. The van der Waals surface area contributed by atoms with Gasteiger partial charge in [-0.1, -0.05) is 62.2 Å². The lowest BCUT2D eigenvalue weighted by Gasteiger charge is -2.28. The molecule has 0 spiro atoms. The van der Waals surface area contributed by atoms with Crippen molar-refractivity contribution in [3.05, 3.63) is 54.1 Å². The van der Waals surface area contributed by atoms with Crippen LogP contribution in [-0.2, 0) is 26.1 Å². The van der Waals surface area contributed by atoms with Gasteiger partial charge in [0.05, 0.1) is 18.6 Å². The topological polar surface area (TPSA) is 108 Å². The maximum absolute atomic E-state index is 13.7. The third-order valence-electron chi connectivity index (χ3n) is 5.99. The predicted octanol–water partition coefficient (Wildman–Crippen LogP) is 4.41. The molecule has 0 radical (unpaired) electrons. The molecule has 1 aliphatic rings. The number of carboxylic acids is 1. The number of amidine groups is 1. The Bertz CT molecular complexity index is 1120. The Morgan fingerprint density at radius 3 is 2.63 bits per heavy atom. The summed E-state index contributed by atoms with van der Waals surface area (Å²) in [6.45, 7) is 2.56. The molecular formula is C26H35N3O5S. The highest BCUT2D eigenvalue weighted by Crippen LogP contribution is 2.35. The average Bonchev–Trinajstić information content (AvgIpc) is 3.12. The highest BCUT2D eigenvalue weighted by atomic mass is 32.2. The minimum atomic E-state index is -3.71. The Hall–Kier alpha value is -2.75. The summed E-state index contributed by atoms with van der Waals surface area (Å²) >= 11 is 0. The van der Waals surface area contributed by atoms with Crippen LogP contribution in [0.2, 0.25) is 0 Å². The number of rotatable bonds is 11. The number of hydroxylamine groups is 1. The first kappa shape index (κ1) is 26.8. The molecule has 1 unspecified atom stereocenters. The second-order valence-electron chi connectivity index (χ2n) is 8.68. The van der Waals surface area contributed by atoms with Crippen LogP contribution in [0.5, 0.6) is 0 Å². The van der Waals surface area contributed by atoms with E-state index in [1.165, 1.54) is 11.4 Å². The van der Waals surface area contributed by atoms with Crippen molar-refractivity contribution >= 4 is 27.5 Å². The van der Waals surface area contributed by atoms with Crippen molar-refractivity contribution < 1.29 is 23.2 Å². The number of anilines is 1. The number of carbonyl (C=O) groups is 1. The molecule has 3 rings (SSSR count). The second-order valence-corrected chi connectivity index (χ2v) is 10.6. The predicted molar refractivity (Wildman–Crippen MR) is 139 cm³/mol. The fourth-order valence-electron chi connectivity index (χ4n) is 4.18. The molecule has 0 fully saturated rings. The van der Waals surface area contributed by atoms with E-state index in [1.54, 1.807) is 6.07 Å². The molecule has 0 saturated heterocycles. The molecule has 9 heteroatoms. The normalized spacial score (nSPS) is 15.2. The van der Waals surface area contributed by atoms with Crippen LogP contribution in [-0.4, -0.2) is 50.8 Å². The number of hydrogen-bond acceptors (Lipinski definition) is 6. The Morgan fingerprint density at radius 1 is 1.17 bits per heavy atom. The van der Waals surface area contributed by atoms with Crippen molar-refractivity contribution in [2.45, 2.75) is 57.9 Å². The van der Waals surface area contributed by atoms with E-state index in [2.05, 4.69) is 5.48 Å². The highest BCUT2D eigenvalue weighted by molar-refractivity contribution is 7.93. The summed E-state index contributed by atoms with van der Waals surface area (Å²) < 4.78 is 28.9. The lowest BCUT2D eigenvalue weighted by atomic mass is 9.98. The van der Waals surface area contributed by atoms with Crippen LogP contribution in [0.3, 0.4) is 0 Å². The highest BCUT2D eigenvalue weighted by Gasteiger charge is 2.30. The number of nitrogens with one attached hydrogen (secondary N) is 1. The fraction of sp³-hybridized carbons (Fsp3) is 0.462. The summed E-state index contributed by atoms with van der Waals surface area (Å²) in [5.74, 6) is -0.483. The number of aliphatic carboxylic acids is 1. The first-order valence-electron chi connectivity index (χ1n) is 12.1. The van der Waals surface area contributed by atoms with Crippen molar-refractivity contribution in [1.82, 2.24) is 5.48 Å². The largest absolute Gasteiger partial charge is 0.480 e. The van der Waals surface area contributed by atoms with Gasteiger partial charge in [-0.15, -0.1) is 0 Å². The van der Waals surface area contributed by atoms with Gasteiger partial charge in [0.15, 0.2) is 0 Å². The Labute approximate surface area is 208 Å². The molecule has 8 nitrogen and oxygen atoms in total. The molecule has 0 aliphatic carbocycles. The fourth-order valence-corrected chi connectivity index (χ4v) is 5.94. The van der Waals surface area contributed by atoms with Crippen molar-refractivity contribution in [2.24, 2.45) is 4.99 Å². The standard InChI is InChI=1S/C26H35N3O5S/c1-3-4-17-35(32,33)29(25-13-9-6-10-16-27-25)24-19-20(18-23(26(30)31)28-34-2)14-15-22(24)21-11-7-5-8-12-21/h5,7-8,11-12,14-15,19,23,28H,3-4,6,9-10,13,16-18H2,1-2H3,(H,30,31). The zero-order valence-electron chi connectivity index (χ0n) is 20.4. The van der Waals surface area contributed by atoms with Crippen molar-refractivity contribution in [2.75, 3.05) is 23.7 Å².